The predicted octanol–water partition coefficient (Wildman–Crippen LogP) is 3.56. The average Bonchev–Trinajstić information content (AvgIpc) is 2.51. The van der Waals surface area contributed by atoms with Gasteiger partial charge in [0.2, 0.25) is 0 Å². The van der Waals surface area contributed by atoms with Gasteiger partial charge in [0, 0.05) is 5.92 Å². The molecule has 0 bridgehead atoms. The van der Waals surface area contributed by atoms with Crippen molar-refractivity contribution in [2.75, 3.05) is 21.3 Å². The fraction of sp³-hybridized carbons (Fsp3) is 0.615. The SMILES string of the molecule is C[C]1C(C)=C(C)C(C)=C1C.C[O][Ti]([O]C)[O]C. The summed E-state index contributed by atoms with van der Waals surface area (Å²) in [5.41, 5.74) is 5.87. The van der Waals surface area contributed by atoms with Gasteiger partial charge in [0.15, 0.2) is 0 Å². The molecule has 0 atom stereocenters. The second-order valence-electron chi connectivity index (χ2n) is 3.99. The number of hydrogen-bond acceptors (Lipinski definition) is 3. The van der Waals surface area contributed by atoms with E-state index in [4.69, 9.17) is 9.96 Å². The van der Waals surface area contributed by atoms with Gasteiger partial charge < -0.3 is 0 Å². The van der Waals surface area contributed by atoms with Crippen LogP contribution in [0, 0.1) is 5.92 Å². The van der Waals surface area contributed by atoms with Gasteiger partial charge in [-0.2, -0.15) is 0 Å². The minimum atomic E-state index is -1.90. The Morgan fingerprint density at radius 3 is 0.941 bits per heavy atom. The van der Waals surface area contributed by atoms with Gasteiger partial charge in [0.1, 0.15) is 0 Å². The van der Waals surface area contributed by atoms with Crippen LogP contribution in [0.25, 0.3) is 0 Å². The molecule has 4 heteroatoms. The summed E-state index contributed by atoms with van der Waals surface area (Å²) in [6.07, 6.45) is 0. The van der Waals surface area contributed by atoms with E-state index in [0.29, 0.717) is 0 Å². The van der Waals surface area contributed by atoms with Crippen LogP contribution < -0.4 is 0 Å². The molecule has 0 fully saturated rings. The summed E-state index contributed by atoms with van der Waals surface area (Å²) in [7, 11) is 4.76. The molecule has 0 aromatic carbocycles. The molecule has 1 radical (unpaired) electrons. The van der Waals surface area contributed by atoms with Crippen LogP contribution in [0.4, 0.5) is 0 Å². The minimum absolute atomic E-state index is 1.47. The Morgan fingerprint density at radius 1 is 0.588 bits per heavy atom. The first-order chi connectivity index (χ1) is 7.90. The van der Waals surface area contributed by atoms with E-state index in [1.165, 1.54) is 28.2 Å². The Hall–Kier alpha value is 0.0743. The first-order valence-corrected chi connectivity index (χ1v) is 7.50. The van der Waals surface area contributed by atoms with Crippen LogP contribution in [0.15, 0.2) is 22.3 Å². The van der Waals surface area contributed by atoms with Crippen molar-refractivity contribution in [3.8, 4) is 0 Å². The van der Waals surface area contributed by atoms with Crippen LogP contribution in [0.5, 0.6) is 0 Å². The Kier molecular flexibility index (Phi) is 8.26. The van der Waals surface area contributed by atoms with E-state index >= 15 is 0 Å². The summed E-state index contributed by atoms with van der Waals surface area (Å²) in [5, 5.41) is 0. The first-order valence-electron chi connectivity index (χ1n) is 5.59. The second kappa shape index (κ2) is 8.22. The van der Waals surface area contributed by atoms with E-state index in [1.807, 2.05) is 0 Å². The van der Waals surface area contributed by atoms with Crippen molar-refractivity contribution in [3.63, 3.8) is 0 Å². The summed E-state index contributed by atoms with van der Waals surface area (Å²) in [5.74, 6) is 1.47. The molecule has 0 saturated carbocycles. The third-order valence-corrected chi connectivity index (χ3v) is 4.87. The van der Waals surface area contributed by atoms with Gasteiger partial charge in [-0.3, -0.25) is 0 Å². The number of hydrogen-bond donors (Lipinski definition) is 0. The third-order valence-electron chi connectivity index (χ3n) is 3.31. The molecule has 0 aliphatic heterocycles. The van der Waals surface area contributed by atoms with Crippen molar-refractivity contribution in [1.82, 2.24) is 0 Å². The normalized spacial score (nSPS) is 16.2. The van der Waals surface area contributed by atoms with Gasteiger partial charge in [0.05, 0.1) is 0 Å². The van der Waals surface area contributed by atoms with Crippen molar-refractivity contribution < 1.29 is 29.0 Å². The fourth-order valence-corrected chi connectivity index (χ4v) is 2.44. The molecule has 1 aliphatic carbocycles. The van der Waals surface area contributed by atoms with Crippen LogP contribution >= 0.6 is 0 Å². The van der Waals surface area contributed by atoms with Crippen LogP contribution in [0.2, 0.25) is 0 Å². The topological polar surface area (TPSA) is 27.7 Å². The monoisotopic (exact) mass is 276 g/mol. The van der Waals surface area contributed by atoms with Crippen molar-refractivity contribution in [3.05, 3.63) is 28.2 Å². The molecule has 0 saturated heterocycles. The molecule has 3 nitrogen and oxygen atoms in total. The maximum atomic E-state index is 4.77. The third kappa shape index (κ3) is 4.68. The van der Waals surface area contributed by atoms with Crippen LogP contribution in [-0.4, -0.2) is 21.3 Å². The Balaban J connectivity index is 0.000000325. The van der Waals surface area contributed by atoms with E-state index in [-0.39, 0.29) is 0 Å². The summed E-state index contributed by atoms with van der Waals surface area (Å²) >= 11 is -1.90. The first kappa shape index (κ1) is 17.1. The summed E-state index contributed by atoms with van der Waals surface area (Å²) in [6.45, 7) is 11.0. The quantitative estimate of drug-likeness (QED) is 0.738. The Morgan fingerprint density at radius 2 is 0.882 bits per heavy atom. The zero-order chi connectivity index (χ0) is 13.6. The van der Waals surface area contributed by atoms with E-state index in [9.17, 15) is 0 Å². The fourth-order valence-electron chi connectivity index (χ4n) is 1.66. The van der Waals surface area contributed by atoms with Gasteiger partial charge in [-0.25, -0.2) is 0 Å². The standard InChI is InChI=1S/C10H15.3CH3O.Ti/c1-6-7(2)9(4)10(5)8(6)3;3*1-2;/h1-5H3;3*1H3;/q;3*-1;+3. The maximum absolute atomic E-state index is 4.77. The van der Waals surface area contributed by atoms with E-state index in [1.54, 1.807) is 21.3 Å². The summed E-state index contributed by atoms with van der Waals surface area (Å²) in [6, 6.07) is 0. The molecule has 1 rings (SSSR count). The second-order valence-corrected chi connectivity index (χ2v) is 6.68. The molecule has 0 N–H and O–H groups in total. The zero-order valence-corrected chi connectivity index (χ0v) is 13.8. The average molecular weight is 276 g/mol. The van der Waals surface area contributed by atoms with Gasteiger partial charge in [0.25, 0.3) is 0 Å². The molecule has 0 aromatic rings. The predicted molar refractivity (Wildman–Crippen MR) is 66.7 cm³/mol. The van der Waals surface area contributed by atoms with Crippen molar-refractivity contribution in [2.24, 2.45) is 0 Å². The van der Waals surface area contributed by atoms with Crippen LogP contribution in [-0.2, 0) is 29.0 Å². The molecule has 0 heterocycles. The van der Waals surface area contributed by atoms with Crippen molar-refractivity contribution in [2.45, 2.75) is 34.6 Å². The van der Waals surface area contributed by atoms with E-state index in [0.717, 1.165) is 0 Å². The molecule has 17 heavy (non-hydrogen) atoms. The van der Waals surface area contributed by atoms with Crippen molar-refractivity contribution >= 4 is 0 Å². The zero-order valence-electron chi connectivity index (χ0n) is 12.2. The molecular weight excluding hydrogens is 252 g/mol. The summed E-state index contributed by atoms with van der Waals surface area (Å²) < 4.78 is 14.3. The molecule has 0 amide bonds. The van der Waals surface area contributed by atoms with Gasteiger partial charge in [-0.05, 0) is 38.8 Å². The molecular formula is C13H24O3Ti. The number of allylic oxidation sites excluding steroid dienone is 4. The Bertz CT molecular complexity index is 274. The Labute approximate surface area is 113 Å². The van der Waals surface area contributed by atoms with Gasteiger partial charge in [-0.1, -0.05) is 18.1 Å². The molecule has 0 unspecified atom stereocenters. The van der Waals surface area contributed by atoms with E-state index in [2.05, 4.69) is 34.6 Å². The molecule has 0 aromatic heterocycles. The van der Waals surface area contributed by atoms with Crippen molar-refractivity contribution in [1.29, 1.82) is 0 Å². The van der Waals surface area contributed by atoms with Crippen LogP contribution in [0.3, 0.4) is 0 Å². The van der Waals surface area contributed by atoms with Crippen LogP contribution in [0.1, 0.15) is 34.6 Å². The summed E-state index contributed by atoms with van der Waals surface area (Å²) in [4.78, 5) is 0. The molecule has 1 aliphatic rings. The number of rotatable bonds is 3. The molecule has 98 valence electrons. The van der Waals surface area contributed by atoms with Gasteiger partial charge in [-0.15, -0.1) is 0 Å². The van der Waals surface area contributed by atoms with Gasteiger partial charge >= 0.3 is 50.3 Å². The van der Waals surface area contributed by atoms with E-state index < -0.39 is 19.0 Å². The molecule has 0 spiro atoms.